The highest BCUT2D eigenvalue weighted by Gasteiger charge is 1.95. The first-order chi connectivity index (χ1) is 9.22. The van der Waals surface area contributed by atoms with Crippen LogP contribution in [0.1, 0.15) is 38.2 Å². The summed E-state index contributed by atoms with van der Waals surface area (Å²) in [4.78, 5) is 1.30. The molecule has 1 aromatic rings. The van der Waals surface area contributed by atoms with Gasteiger partial charge < -0.3 is 5.73 Å². The summed E-state index contributed by atoms with van der Waals surface area (Å²) in [6.07, 6.45) is 6.96. The molecule has 0 saturated heterocycles. The molecule has 3 N–H and O–H groups in total. The van der Waals surface area contributed by atoms with Crippen molar-refractivity contribution in [3.63, 3.8) is 0 Å². The second-order valence-electron chi connectivity index (χ2n) is 4.21. The Morgan fingerprint density at radius 3 is 2.68 bits per heavy atom. The maximum atomic E-state index is 5.27. The third-order valence-corrected chi connectivity index (χ3v) is 3.72. The monoisotopic (exact) mass is 295 g/mol. The number of unbranched alkanes of at least 4 members (excludes halogenated alkanes) is 3. The fourth-order valence-corrected chi connectivity index (χ4v) is 2.50. The van der Waals surface area contributed by atoms with E-state index in [0.29, 0.717) is 0 Å². The van der Waals surface area contributed by atoms with Gasteiger partial charge in [-0.2, -0.15) is 5.10 Å². The van der Waals surface area contributed by atoms with Gasteiger partial charge in [-0.25, -0.2) is 0 Å². The summed E-state index contributed by atoms with van der Waals surface area (Å²) in [5.74, 6) is 1.19. The highest BCUT2D eigenvalue weighted by molar-refractivity contribution is 7.99. The number of thioether (sulfide) groups is 1. The fourth-order valence-electron chi connectivity index (χ4n) is 1.54. The average molecular weight is 295 g/mol. The van der Waals surface area contributed by atoms with Crippen molar-refractivity contribution in [2.75, 3.05) is 5.75 Å². The first kappa shape index (κ1) is 16.0. The maximum absolute atomic E-state index is 5.27. The van der Waals surface area contributed by atoms with E-state index >= 15 is 0 Å². The molecule has 0 spiro atoms. The SMILES string of the molecule is CCCCCCSc1ccc(C=NNC(N)=S)cc1. The number of rotatable bonds is 8. The molecule has 0 saturated carbocycles. The van der Waals surface area contributed by atoms with Crippen molar-refractivity contribution in [1.29, 1.82) is 0 Å². The molecule has 1 aromatic carbocycles. The summed E-state index contributed by atoms with van der Waals surface area (Å²) >= 11 is 6.57. The molecule has 0 aliphatic carbocycles. The second-order valence-corrected chi connectivity index (χ2v) is 5.82. The van der Waals surface area contributed by atoms with Crippen LogP contribution in [0.15, 0.2) is 34.3 Å². The molecule has 0 aliphatic heterocycles. The molecule has 1 rings (SSSR count). The normalized spacial score (nSPS) is 10.8. The summed E-state index contributed by atoms with van der Waals surface area (Å²) in [6.45, 7) is 2.24. The first-order valence-corrected chi connectivity index (χ1v) is 7.93. The van der Waals surface area contributed by atoms with Crippen molar-refractivity contribution in [3.8, 4) is 0 Å². The highest BCUT2D eigenvalue weighted by atomic mass is 32.2. The van der Waals surface area contributed by atoms with E-state index < -0.39 is 0 Å². The summed E-state index contributed by atoms with van der Waals surface area (Å²) in [6, 6.07) is 8.32. The van der Waals surface area contributed by atoms with Gasteiger partial charge in [-0.1, -0.05) is 38.3 Å². The van der Waals surface area contributed by atoms with Gasteiger partial charge in [0.25, 0.3) is 0 Å². The van der Waals surface area contributed by atoms with Crippen LogP contribution in [-0.2, 0) is 0 Å². The number of nitrogens with zero attached hydrogens (tertiary/aromatic N) is 1. The van der Waals surface area contributed by atoms with Gasteiger partial charge in [0, 0.05) is 4.90 Å². The van der Waals surface area contributed by atoms with Gasteiger partial charge in [-0.3, -0.25) is 5.43 Å². The van der Waals surface area contributed by atoms with Crippen molar-refractivity contribution in [1.82, 2.24) is 5.43 Å². The lowest BCUT2D eigenvalue weighted by Gasteiger charge is -2.02. The standard InChI is InChI=1S/C14H21N3S2/c1-2-3-4-5-10-19-13-8-6-12(7-9-13)11-16-17-14(15)18/h6-9,11H,2-5,10H2,1H3,(H3,15,17,18). The van der Waals surface area contributed by atoms with Crippen LogP contribution in [0.25, 0.3) is 0 Å². The largest absolute Gasteiger partial charge is 0.375 e. The molecule has 0 fully saturated rings. The van der Waals surface area contributed by atoms with Crippen LogP contribution in [0.3, 0.4) is 0 Å². The molecule has 104 valence electrons. The molecule has 0 aliphatic rings. The van der Waals surface area contributed by atoms with E-state index in [1.54, 1.807) is 6.21 Å². The summed E-state index contributed by atoms with van der Waals surface area (Å²) in [5.41, 5.74) is 8.84. The fraction of sp³-hybridized carbons (Fsp3) is 0.429. The number of hydrazone groups is 1. The number of nitrogens with two attached hydrogens (primary N) is 1. The molecule has 5 heteroatoms. The molecule has 0 heterocycles. The number of benzene rings is 1. The summed E-state index contributed by atoms with van der Waals surface area (Å²) in [7, 11) is 0. The van der Waals surface area contributed by atoms with E-state index in [1.807, 2.05) is 23.9 Å². The summed E-state index contributed by atoms with van der Waals surface area (Å²) in [5, 5.41) is 4.10. The van der Waals surface area contributed by atoms with Crippen LogP contribution >= 0.6 is 24.0 Å². The number of nitrogens with one attached hydrogen (secondary N) is 1. The Kier molecular flexibility index (Phi) is 8.25. The molecule has 0 bridgehead atoms. The van der Waals surface area contributed by atoms with Gasteiger partial charge in [0.2, 0.25) is 0 Å². The lowest BCUT2D eigenvalue weighted by atomic mass is 10.2. The molecular formula is C14H21N3S2. The van der Waals surface area contributed by atoms with E-state index in [2.05, 4.69) is 41.8 Å². The summed E-state index contributed by atoms with van der Waals surface area (Å²) < 4.78 is 0. The van der Waals surface area contributed by atoms with Crippen molar-refractivity contribution >= 4 is 35.3 Å². The van der Waals surface area contributed by atoms with Crippen LogP contribution in [0.5, 0.6) is 0 Å². The minimum absolute atomic E-state index is 0.176. The maximum Gasteiger partial charge on any atom is 0.184 e. The molecule has 0 atom stereocenters. The third kappa shape index (κ3) is 7.85. The van der Waals surface area contributed by atoms with E-state index in [4.69, 9.17) is 5.73 Å². The van der Waals surface area contributed by atoms with Crippen LogP contribution in [-0.4, -0.2) is 17.1 Å². The van der Waals surface area contributed by atoms with Crippen molar-refractivity contribution in [3.05, 3.63) is 29.8 Å². The topological polar surface area (TPSA) is 50.4 Å². The molecule has 0 aromatic heterocycles. The van der Waals surface area contributed by atoms with Crippen molar-refractivity contribution in [2.24, 2.45) is 10.8 Å². The molecule has 0 amide bonds. The van der Waals surface area contributed by atoms with E-state index in [0.717, 1.165) is 5.56 Å². The van der Waals surface area contributed by atoms with Crippen molar-refractivity contribution in [2.45, 2.75) is 37.5 Å². The lowest BCUT2D eigenvalue weighted by molar-refractivity contribution is 0.706. The Balaban J connectivity index is 2.31. The minimum atomic E-state index is 0.176. The molecule has 0 radical (unpaired) electrons. The van der Waals surface area contributed by atoms with Gasteiger partial charge in [0.1, 0.15) is 0 Å². The zero-order valence-electron chi connectivity index (χ0n) is 11.3. The zero-order valence-corrected chi connectivity index (χ0v) is 12.9. The number of hydrogen-bond donors (Lipinski definition) is 2. The number of thiocarbonyl (C=S) groups is 1. The van der Waals surface area contributed by atoms with Gasteiger partial charge in [0.05, 0.1) is 6.21 Å². The van der Waals surface area contributed by atoms with Crippen molar-refractivity contribution < 1.29 is 0 Å². The Labute approximate surface area is 125 Å². The van der Waals surface area contributed by atoms with Gasteiger partial charge in [-0.05, 0) is 42.1 Å². The Bertz CT molecular complexity index is 402. The van der Waals surface area contributed by atoms with Crippen LogP contribution in [0.4, 0.5) is 0 Å². The van der Waals surface area contributed by atoms with Crippen LogP contribution < -0.4 is 11.2 Å². The molecular weight excluding hydrogens is 274 g/mol. The third-order valence-electron chi connectivity index (χ3n) is 2.54. The lowest BCUT2D eigenvalue weighted by Crippen LogP contribution is -2.23. The van der Waals surface area contributed by atoms with E-state index in [1.165, 1.54) is 36.3 Å². The average Bonchev–Trinajstić information content (AvgIpc) is 2.40. The van der Waals surface area contributed by atoms with E-state index in [9.17, 15) is 0 Å². The second kappa shape index (κ2) is 9.81. The Hall–Kier alpha value is -1.07. The Morgan fingerprint density at radius 1 is 1.32 bits per heavy atom. The Morgan fingerprint density at radius 2 is 2.05 bits per heavy atom. The number of hydrogen-bond acceptors (Lipinski definition) is 3. The van der Waals surface area contributed by atoms with Gasteiger partial charge in [0.15, 0.2) is 5.11 Å². The minimum Gasteiger partial charge on any atom is -0.375 e. The quantitative estimate of drug-likeness (QED) is 0.253. The predicted octanol–water partition coefficient (Wildman–Crippen LogP) is 3.53. The van der Waals surface area contributed by atoms with Gasteiger partial charge in [-0.15, -0.1) is 11.8 Å². The highest BCUT2D eigenvalue weighted by Crippen LogP contribution is 2.19. The smallest absolute Gasteiger partial charge is 0.184 e. The van der Waals surface area contributed by atoms with Crippen LogP contribution in [0.2, 0.25) is 0 Å². The predicted molar refractivity (Wildman–Crippen MR) is 88.8 cm³/mol. The molecule has 0 unspecified atom stereocenters. The molecule has 19 heavy (non-hydrogen) atoms. The molecule has 3 nitrogen and oxygen atoms in total. The zero-order chi connectivity index (χ0) is 13.9. The van der Waals surface area contributed by atoms with E-state index in [-0.39, 0.29) is 5.11 Å². The van der Waals surface area contributed by atoms with Gasteiger partial charge >= 0.3 is 0 Å². The first-order valence-electron chi connectivity index (χ1n) is 6.53. The van der Waals surface area contributed by atoms with Crippen LogP contribution in [0, 0.1) is 0 Å².